The van der Waals surface area contributed by atoms with Gasteiger partial charge in [-0.25, -0.2) is 0 Å². The SMILES string of the molecule is C[C@@H]1CN(C=C(C#N)C2=C(C(=N)C3CC3)COC(C)(C)C2)CCN1C(=O)c1ccoc1. The highest BCUT2D eigenvalue weighted by Crippen LogP contribution is 2.39. The Bertz CT molecular complexity index is 963. The molecule has 0 radical (unpaired) electrons. The van der Waals surface area contributed by atoms with Gasteiger partial charge in [0.2, 0.25) is 0 Å². The number of carbonyl (C=O) groups is 1. The quantitative estimate of drug-likeness (QED) is 0.576. The Morgan fingerprint density at radius 3 is 2.71 bits per heavy atom. The highest BCUT2D eigenvalue weighted by atomic mass is 16.5. The molecule has 1 amide bonds. The molecule has 3 aliphatic rings. The molecule has 4 rings (SSSR count). The van der Waals surface area contributed by atoms with Crippen LogP contribution in [0.2, 0.25) is 0 Å². The Morgan fingerprint density at radius 1 is 1.32 bits per heavy atom. The lowest BCUT2D eigenvalue weighted by molar-refractivity contribution is -0.0115. The summed E-state index contributed by atoms with van der Waals surface area (Å²) in [7, 11) is 0. The summed E-state index contributed by atoms with van der Waals surface area (Å²) in [5.41, 5.74) is 3.28. The number of carbonyl (C=O) groups excluding carboxylic acids is 1. The molecule has 1 N–H and O–H groups in total. The van der Waals surface area contributed by atoms with Gasteiger partial charge >= 0.3 is 0 Å². The molecule has 1 aliphatic carbocycles. The fourth-order valence-corrected chi connectivity index (χ4v) is 4.37. The zero-order valence-electron chi connectivity index (χ0n) is 18.5. The van der Waals surface area contributed by atoms with Crippen LogP contribution in [0.25, 0.3) is 0 Å². The summed E-state index contributed by atoms with van der Waals surface area (Å²) in [6, 6.07) is 4.08. The molecule has 7 nitrogen and oxygen atoms in total. The first kappa shape index (κ1) is 21.4. The van der Waals surface area contributed by atoms with E-state index >= 15 is 0 Å². The maximum atomic E-state index is 12.7. The molecule has 1 saturated heterocycles. The van der Waals surface area contributed by atoms with Gasteiger partial charge in [0.15, 0.2) is 0 Å². The normalized spacial score (nSPS) is 24.2. The zero-order chi connectivity index (χ0) is 22.2. The first-order valence-electron chi connectivity index (χ1n) is 10.9. The van der Waals surface area contributed by atoms with E-state index in [1.54, 1.807) is 6.07 Å². The van der Waals surface area contributed by atoms with Crippen LogP contribution >= 0.6 is 0 Å². The van der Waals surface area contributed by atoms with E-state index < -0.39 is 0 Å². The van der Waals surface area contributed by atoms with E-state index in [4.69, 9.17) is 14.6 Å². The molecule has 0 unspecified atom stereocenters. The van der Waals surface area contributed by atoms with E-state index in [0.29, 0.717) is 55.4 Å². The van der Waals surface area contributed by atoms with Crippen LogP contribution in [0.5, 0.6) is 0 Å². The second kappa shape index (κ2) is 8.35. The Hall–Kier alpha value is -2.85. The molecule has 1 atom stereocenters. The number of ether oxygens (including phenoxy) is 1. The van der Waals surface area contributed by atoms with E-state index in [9.17, 15) is 10.1 Å². The first-order chi connectivity index (χ1) is 14.8. The third-order valence-corrected chi connectivity index (χ3v) is 6.33. The van der Waals surface area contributed by atoms with E-state index in [-0.39, 0.29) is 17.6 Å². The predicted octanol–water partition coefficient (Wildman–Crippen LogP) is 3.76. The topological polar surface area (TPSA) is 93.6 Å². The second-order valence-electron chi connectivity index (χ2n) is 9.38. The number of furan rings is 1. The Balaban J connectivity index is 1.54. The number of allylic oxidation sites excluding steroid dienone is 1. The van der Waals surface area contributed by atoms with Gasteiger partial charge in [0, 0.05) is 55.5 Å². The van der Waals surface area contributed by atoms with Crippen molar-refractivity contribution in [2.45, 2.75) is 51.7 Å². The fourth-order valence-electron chi connectivity index (χ4n) is 4.37. The molecule has 1 aromatic rings. The number of hydrogen-bond donors (Lipinski definition) is 1. The maximum absolute atomic E-state index is 12.7. The number of hydrogen-bond acceptors (Lipinski definition) is 6. The van der Waals surface area contributed by atoms with Crippen molar-refractivity contribution >= 4 is 11.6 Å². The van der Waals surface area contributed by atoms with Crippen LogP contribution in [0.4, 0.5) is 0 Å². The molecule has 7 heteroatoms. The number of nitriles is 1. The molecule has 164 valence electrons. The van der Waals surface area contributed by atoms with Crippen LogP contribution in [0.1, 0.15) is 50.4 Å². The van der Waals surface area contributed by atoms with Crippen LogP contribution in [-0.4, -0.2) is 59.3 Å². The highest BCUT2D eigenvalue weighted by molar-refractivity contribution is 6.02. The van der Waals surface area contributed by atoms with Crippen LogP contribution in [-0.2, 0) is 4.74 Å². The van der Waals surface area contributed by atoms with E-state index in [1.807, 2.05) is 31.9 Å². The fraction of sp³-hybridized carbons (Fsp3) is 0.542. The van der Waals surface area contributed by atoms with Gasteiger partial charge in [-0.2, -0.15) is 5.26 Å². The number of nitrogens with zero attached hydrogens (tertiary/aromatic N) is 3. The highest BCUT2D eigenvalue weighted by Gasteiger charge is 2.36. The summed E-state index contributed by atoms with van der Waals surface area (Å²) in [5.74, 6) is 0.284. The van der Waals surface area contributed by atoms with Gasteiger partial charge in [-0.15, -0.1) is 0 Å². The molecule has 2 fully saturated rings. The molecule has 31 heavy (non-hydrogen) atoms. The lowest BCUT2D eigenvalue weighted by atomic mass is 9.85. The molecule has 3 heterocycles. The van der Waals surface area contributed by atoms with Crippen molar-refractivity contribution in [2.75, 3.05) is 26.2 Å². The van der Waals surface area contributed by atoms with E-state index in [0.717, 1.165) is 24.0 Å². The molecule has 1 aromatic heterocycles. The third-order valence-electron chi connectivity index (χ3n) is 6.33. The first-order valence-corrected chi connectivity index (χ1v) is 10.9. The molecular weight excluding hydrogens is 392 g/mol. The summed E-state index contributed by atoms with van der Waals surface area (Å²) in [5, 5.41) is 18.6. The number of piperazine rings is 1. The molecule has 2 aliphatic heterocycles. The maximum Gasteiger partial charge on any atom is 0.257 e. The van der Waals surface area contributed by atoms with Crippen molar-refractivity contribution < 1.29 is 13.9 Å². The van der Waals surface area contributed by atoms with Crippen molar-refractivity contribution in [1.29, 1.82) is 10.7 Å². The molecule has 1 saturated carbocycles. The van der Waals surface area contributed by atoms with E-state index in [1.165, 1.54) is 12.5 Å². The van der Waals surface area contributed by atoms with Gasteiger partial charge in [0.05, 0.1) is 29.6 Å². The zero-order valence-corrected chi connectivity index (χ0v) is 18.5. The van der Waals surface area contributed by atoms with Gasteiger partial charge in [0.25, 0.3) is 5.91 Å². The predicted molar refractivity (Wildman–Crippen MR) is 117 cm³/mol. The molecule has 0 spiro atoms. The number of amides is 1. The largest absolute Gasteiger partial charge is 0.472 e. The van der Waals surface area contributed by atoms with Crippen molar-refractivity contribution in [1.82, 2.24) is 9.80 Å². The van der Waals surface area contributed by atoms with Crippen molar-refractivity contribution in [3.8, 4) is 6.07 Å². The third kappa shape index (κ3) is 4.59. The van der Waals surface area contributed by atoms with Gasteiger partial charge < -0.3 is 24.4 Å². The Labute approximate surface area is 183 Å². The molecule has 0 bridgehead atoms. The summed E-state index contributed by atoms with van der Waals surface area (Å²) in [4.78, 5) is 16.7. The van der Waals surface area contributed by atoms with Gasteiger partial charge in [-0.05, 0) is 45.3 Å². The lowest BCUT2D eigenvalue weighted by Gasteiger charge is -2.40. The standard InChI is InChI=1S/C24H30N4O3/c1-16-12-27(7-8-28(16)23(29)18-6-9-30-14-18)13-19(11-25)20-10-24(2,3)31-15-21(20)22(26)17-4-5-17/h6,9,13-14,16-17,26H,4-5,7-8,10,12,15H2,1-3H3/t16-/m1/s1. The van der Waals surface area contributed by atoms with Crippen molar-refractivity contribution in [3.05, 3.63) is 47.1 Å². The van der Waals surface area contributed by atoms with Crippen LogP contribution < -0.4 is 0 Å². The number of rotatable bonds is 5. The van der Waals surface area contributed by atoms with Crippen LogP contribution in [0.3, 0.4) is 0 Å². The summed E-state index contributed by atoms with van der Waals surface area (Å²) >= 11 is 0. The molecular formula is C24H30N4O3. The summed E-state index contributed by atoms with van der Waals surface area (Å²) in [6.45, 7) is 8.36. The van der Waals surface area contributed by atoms with Crippen LogP contribution in [0, 0.1) is 22.7 Å². The minimum atomic E-state index is -0.360. The lowest BCUT2D eigenvalue weighted by Crippen LogP contribution is -2.52. The minimum absolute atomic E-state index is 0.0108. The Morgan fingerprint density at radius 2 is 2.10 bits per heavy atom. The van der Waals surface area contributed by atoms with Crippen molar-refractivity contribution in [3.63, 3.8) is 0 Å². The molecule has 0 aromatic carbocycles. The summed E-state index contributed by atoms with van der Waals surface area (Å²) < 4.78 is 11.0. The second-order valence-corrected chi connectivity index (χ2v) is 9.38. The summed E-state index contributed by atoms with van der Waals surface area (Å²) in [6.07, 6.45) is 7.63. The number of nitrogens with one attached hydrogen (secondary N) is 1. The average molecular weight is 423 g/mol. The Kier molecular flexibility index (Phi) is 5.76. The minimum Gasteiger partial charge on any atom is -0.472 e. The van der Waals surface area contributed by atoms with Crippen molar-refractivity contribution in [2.24, 2.45) is 5.92 Å². The van der Waals surface area contributed by atoms with E-state index in [2.05, 4.69) is 11.0 Å². The van der Waals surface area contributed by atoms with Crippen LogP contribution in [0.15, 0.2) is 45.9 Å². The smallest absolute Gasteiger partial charge is 0.257 e. The van der Waals surface area contributed by atoms with Gasteiger partial charge in [-0.1, -0.05) is 0 Å². The van der Waals surface area contributed by atoms with Gasteiger partial charge in [0.1, 0.15) is 12.3 Å². The monoisotopic (exact) mass is 422 g/mol. The average Bonchev–Trinajstić information content (AvgIpc) is 3.44. The van der Waals surface area contributed by atoms with Gasteiger partial charge in [-0.3, -0.25) is 4.79 Å².